The van der Waals surface area contributed by atoms with Gasteiger partial charge in [0.15, 0.2) is 0 Å². The van der Waals surface area contributed by atoms with Crippen molar-refractivity contribution in [3.8, 4) is 0 Å². The van der Waals surface area contributed by atoms with Gasteiger partial charge in [-0.2, -0.15) is 0 Å². The molecule has 2 N–H and O–H groups in total. The van der Waals surface area contributed by atoms with Crippen molar-refractivity contribution in [3.63, 3.8) is 0 Å². The maximum Gasteiger partial charge on any atom is 0.407 e. The predicted octanol–water partition coefficient (Wildman–Crippen LogP) is 3.70. The van der Waals surface area contributed by atoms with E-state index in [4.69, 9.17) is 16.3 Å². The Morgan fingerprint density at radius 3 is 2.67 bits per heavy atom. The lowest BCUT2D eigenvalue weighted by atomic mass is 10.0. The van der Waals surface area contributed by atoms with Crippen LogP contribution in [0.4, 0.5) is 14.9 Å². The zero-order valence-corrected chi connectivity index (χ0v) is 15.5. The van der Waals surface area contributed by atoms with Crippen LogP contribution >= 0.6 is 11.6 Å². The van der Waals surface area contributed by atoms with Gasteiger partial charge in [0.25, 0.3) is 5.91 Å². The minimum absolute atomic E-state index is 0.0760. The first-order valence-corrected chi connectivity index (χ1v) is 8.58. The van der Waals surface area contributed by atoms with E-state index in [-0.39, 0.29) is 17.0 Å². The lowest BCUT2D eigenvalue weighted by Gasteiger charge is -2.19. The molecule has 3 rings (SSSR count). The standard InChI is InChI=1S/C19H18ClFN2O4/c1-26-16-9-13-11(17(16)23-19(25)27-2)4-3-5-12(13)18(24)22-10-6-7-15(21)14(20)8-10/h3-8,16-17H,9H2,1-2H3,(H,22,24)(H,23,25)/t16-,17-/m1/s1. The summed E-state index contributed by atoms with van der Waals surface area (Å²) >= 11 is 5.76. The summed E-state index contributed by atoms with van der Waals surface area (Å²) in [7, 11) is 2.83. The number of fused-ring (bicyclic) bond motifs is 1. The topological polar surface area (TPSA) is 76.7 Å². The average molecular weight is 393 g/mol. The van der Waals surface area contributed by atoms with E-state index in [0.717, 1.165) is 11.1 Å². The van der Waals surface area contributed by atoms with Crippen LogP contribution in [-0.2, 0) is 15.9 Å². The summed E-state index contributed by atoms with van der Waals surface area (Å²) in [6.45, 7) is 0. The molecule has 2 aromatic carbocycles. The summed E-state index contributed by atoms with van der Waals surface area (Å²) in [5, 5.41) is 5.37. The number of alkyl carbamates (subject to hydrolysis) is 1. The van der Waals surface area contributed by atoms with Gasteiger partial charge in [-0.05, 0) is 35.4 Å². The van der Waals surface area contributed by atoms with E-state index in [1.54, 1.807) is 19.2 Å². The monoisotopic (exact) mass is 392 g/mol. The molecule has 142 valence electrons. The molecule has 0 spiro atoms. The number of ether oxygens (including phenoxy) is 2. The van der Waals surface area contributed by atoms with E-state index in [9.17, 15) is 14.0 Å². The maximum atomic E-state index is 13.3. The van der Waals surface area contributed by atoms with Gasteiger partial charge in [-0.15, -0.1) is 0 Å². The molecule has 2 amide bonds. The number of amides is 2. The molecule has 0 aromatic heterocycles. The Morgan fingerprint density at radius 1 is 1.22 bits per heavy atom. The van der Waals surface area contributed by atoms with Crippen molar-refractivity contribution < 1.29 is 23.5 Å². The number of carbonyl (C=O) groups is 2. The fraction of sp³-hybridized carbons (Fsp3) is 0.263. The Morgan fingerprint density at radius 2 is 2.00 bits per heavy atom. The lowest BCUT2D eigenvalue weighted by Crippen LogP contribution is -2.34. The predicted molar refractivity (Wildman–Crippen MR) is 98.6 cm³/mol. The highest BCUT2D eigenvalue weighted by atomic mass is 35.5. The molecule has 6 nitrogen and oxygen atoms in total. The normalized spacial score (nSPS) is 17.9. The van der Waals surface area contributed by atoms with Crippen molar-refractivity contribution in [1.82, 2.24) is 5.32 Å². The lowest BCUT2D eigenvalue weighted by molar-refractivity contribution is 0.0753. The summed E-state index contributed by atoms with van der Waals surface area (Å²) in [5.41, 5.74) is 2.40. The van der Waals surface area contributed by atoms with Gasteiger partial charge in [-0.25, -0.2) is 9.18 Å². The number of anilines is 1. The number of hydrogen-bond acceptors (Lipinski definition) is 4. The molecule has 0 radical (unpaired) electrons. The third-order valence-electron chi connectivity index (χ3n) is 4.51. The Labute approximate surface area is 160 Å². The summed E-state index contributed by atoms with van der Waals surface area (Å²) in [6.07, 6.45) is -0.451. The van der Waals surface area contributed by atoms with Crippen LogP contribution in [0.15, 0.2) is 36.4 Å². The van der Waals surface area contributed by atoms with Crippen LogP contribution in [-0.4, -0.2) is 32.3 Å². The highest BCUT2D eigenvalue weighted by Gasteiger charge is 2.36. The first-order chi connectivity index (χ1) is 12.9. The van der Waals surface area contributed by atoms with Crippen LogP contribution < -0.4 is 10.6 Å². The molecule has 1 aliphatic rings. The molecular formula is C19H18ClFN2O4. The van der Waals surface area contributed by atoms with Crippen LogP contribution in [0, 0.1) is 5.82 Å². The molecule has 27 heavy (non-hydrogen) atoms. The van der Waals surface area contributed by atoms with Crippen molar-refractivity contribution in [3.05, 3.63) is 63.9 Å². The number of nitrogens with one attached hydrogen (secondary N) is 2. The van der Waals surface area contributed by atoms with E-state index in [0.29, 0.717) is 17.7 Å². The van der Waals surface area contributed by atoms with Crippen molar-refractivity contribution in [2.45, 2.75) is 18.6 Å². The van der Waals surface area contributed by atoms with Gasteiger partial charge < -0.3 is 20.1 Å². The Balaban J connectivity index is 1.89. The summed E-state index contributed by atoms with van der Waals surface area (Å²) in [4.78, 5) is 24.4. The SMILES string of the molecule is COC(=O)N[C@@H]1c2cccc(C(=O)Nc3ccc(F)c(Cl)c3)c2C[C@H]1OC. The molecule has 0 bridgehead atoms. The van der Waals surface area contributed by atoms with Crippen LogP contribution in [0.1, 0.15) is 27.5 Å². The number of rotatable bonds is 4. The highest BCUT2D eigenvalue weighted by Crippen LogP contribution is 2.35. The first-order valence-electron chi connectivity index (χ1n) is 8.20. The third kappa shape index (κ3) is 3.89. The van der Waals surface area contributed by atoms with E-state index < -0.39 is 18.0 Å². The fourth-order valence-corrected chi connectivity index (χ4v) is 3.38. The summed E-state index contributed by atoms with van der Waals surface area (Å²) in [5.74, 6) is -0.918. The van der Waals surface area contributed by atoms with E-state index in [1.807, 2.05) is 6.07 Å². The molecule has 0 unspecified atom stereocenters. The van der Waals surface area contributed by atoms with Crippen molar-refractivity contribution >= 4 is 29.3 Å². The van der Waals surface area contributed by atoms with Gasteiger partial charge >= 0.3 is 6.09 Å². The number of hydrogen-bond donors (Lipinski definition) is 2. The second-order valence-corrected chi connectivity index (χ2v) is 6.46. The molecule has 0 saturated carbocycles. The molecule has 0 saturated heterocycles. The molecule has 2 atom stereocenters. The quantitative estimate of drug-likeness (QED) is 0.831. The van der Waals surface area contributed by atoms with Crippen molar-refractivity contribution in [2.75, 3.05) is 19.5 Å². The van der Waals surface area contributed by atoms with Crippen molar-refractivity contribution in [2.24, 2.45) is 0 Å². The van der Waals surface area contributed by atoms with Crippen LogP contribution in [0.2, 0.25) is 5.02 Å². The minimum Gasteiger partial charge on any atom is -0.453 e. The Kier molecular flexibility index (Phi) is 5.62. The average Bonchev–Trinajstić information content (AvgIpc) is 3.02. The molecule has 1 aliphatic carbocycles. The Bertz CT molecular complexity index is 890. The zero-order chi connectivity index (χ0) is 19.6. The van der Waals surface area contributed by atoms with E-state index >= 15 is 0 Å². The second-order valence-electron chi connectivity index (χ2n) is 6.05. The number of methoxy groups -OCH3 is 2. The number of halogens is 2. The smallest absolute Gasteiger partial charge is 0.407 e. The summed E-state index contributed by atoms with van der Waals surface area (Å²) in [6, 6.07) is 8.79. The van der Waals surface area contributed by atoms with Crippen molar-refractivity contribution in [1.29, 1.82) is 0 Å². The van der Waals surface area contributed by atoms with Crippen LogP contribution in [0.5, 0.6) is 0 Å². The van der Waals surface area contributed by atoms with E-state index in [1.165, 1.54) is 25.3 Å². The van der Waals surface area contributed by atoms with Gasteiger partial charge in [0, 0.05) is 24.8 Å². The molecule has 0 fully saturated rings. The van der Waals surface area contributed by atoms with Gasteiger partial charge in [0.2, 0.25) is 0 Å². The zero-order valence-electron chi connectivity index (χ0n) is 14.7. The maximum absolute atomic E-state index is 13.3. The second kappa shape index (κ2) is 7.94. The number of benzene rings is 2. The largest absolute Gasteiger partial charge is 0.453 e. The third-order valence-corrected chi connectivity index (χ3v) is 4.80. The molecule has 2 aromatic rings. The van der Waals surface area contributed by atoms with E-state index in [2.05, 4.69) is 15.4 Å². The highest BCUT2D eigenvalue weighted by molar-refractivity contribution is 6.31. The Hall–Kier alpha value is -2.64. The fourth-order valence-electron chi connectivity index (χ4n) is 3.20. The van der Waals surface area contributed by atoms with Gasteiger partial charge in [-0.3, -0.25) is 4.79 Å². The minimum atomic E-state index is -0.578. The molecular weight excluding hydrogens is 375 g/mol. The molecule has 8 heteroatoms. The first kappa shape index (κ1) is 19.1. The van der Waals surface area contributed by atoms with Gasteiger partial charge in [0.1, 0.15) is 5.82 Å². The molecule has 0 heterocycles. The van der Waals surface area contributed by atoms with Gasteiger partial charge in [0.05, 0.1) is 24.3 Å². The van der Waals surface area contributed by atoms with Crippen LogP contribution in [0.25, 0.3) is 0 Å². The summed E-state index contributed by atoms with van der Waals surface area (Å²) < 4.78 is 23.4. The number of carbonyl (C=O) groups excluding carboxylic acids is 2. The van der Waals surface area contributed by atoms with Gasteiger partial charge in [-0.1, -0.05) is 23.7 Å². The molecule has 0 aliphatic heterocycles. The van der Waals surface area contributed by atoms with Crippen LogP contribution in [0.3, 0.4) is 0 Å².